The van der Waals surface area contributed by atoms with Crippen molar-refractivity contribution < 1.29 is 24.2 Å². The van der Waals surface area contributed by atoms with Crippen molar-refractivity contribution in [2.45, 2.75) is 46.1 Å². The Morgan fingerprint density at radius 3 is 2.46 bits per heavy atom. The van der Waals surface area contributed by atoms with Gasteiger partial charge in [0.25, 0.3) is 0 Å². The van der Waals surface area contributed by atoms with Crippen LogP contribution in [0.5, 0.6) is 5.75 Å². The Morgan fingerprint density at radius 1 is 1.06 bits per heavy atom. The zero-order valence-electron chi connectivity index (χ0n) is 21.0. The van der Waals surface area contributed by atoms with Gasteiger partial charge in [0.15, 0.2) is 6.10 Å². The van der Waals surface area contributed by atoms with Gasteiger partial charge in [-0.25, -0.2) is 9.59 Å². The second-order valence-corrected chi connectivity index (χ2v) is 9.40. The van der Waals surface area contributed by atoms with Crippen LogP contribution in [0.15, 0.2) is 48.5 Å². The number of urea groups is 1. The van der Waals surface area contributed by atoms with Crippen molar-refractivity contribution in [2.24, 2.45) is 0 Å². The number of nitrogens with zero attached hydrogens (tertiary/aromatic N) is 1. The topological polar surface area (TPSA) is 88.1 Å². The normalized spacial score (nSPS) is 11.6. The van der Waals surface area contributed by atoms with Crippen molar-refractivity contribution in [3.8, 4) is 5.75 Å². The molecule has 0 radical (unpaired) electrons. The molecule has 1 unspecified atom stereocenters. The van der Waals surface area contributed by atoms with Gasteiger partial charge in [0.05, 0.1) is 6.54 Å². The number of carboxylic acid groups (broad SMARTS) is 1. The van der Waals surface area contributed by atoms with Crippen LogP contribution in [-0.2, 0) is 16.0 Å². The first kappa shape index (κ1) is 28.5. The van der Waals surface area contributed by atoms with Crippen molar-refractivity contribution in [2.75, 3.05) is 43.1 Å². The second kappa shape index (κ2) is 16.1. The fourth-order valence-corrected chi connectivity index (χ4v) is 4.28. The standard InChI is InChI=1S/C27H38N2O5S/c1-4-18-35-19-8-15-29(27(32)28-24-10-7-6-9-21(24)3)16-17-34-23-13-11-22(12-14-23)20-25(26(30)31)33-5-2/h6-7,9-14,25H,4-5,8,15-20H2,1-3H3,(H,28,32)(H,30,31). The van der Waals surface area contributed by atoms with Crippen molar-refractivity contribution in [3.63, 3.8) is 0 Å². The summed E-state index contributed by atoms with van der Waals surface area (Å²) in [5.74, 6) is 1.86. The van der Waals surface area contributed by atoms with Crippen LogP contribution in [-0.4, -0.2) is 65.9 Å². The molecule has 1 atom stereocenters. The number of ether oxygens (including phenoxy) is 2. The number of aryl methyl sites for hydroxylation is 1. The highest BCUT2D eigenvalue weighted by Crippen LogP contribution is 2.16. The van der Waals surface area contributed by atoms with E-state index in [4.69, 9.17) is 9.47 Å². The number of nitrogens with one attached hydrogen (secondary N) is 1. The zero-order valence-corrected chi connectivity index (χ0v) is 21.8. The van der Waals surface area contributed by atoms with Crippen molar-refractivity contribution in [1.29, 1.82) is 0 Å². The molecular formula is C27H38N2O5S. The van der Waals surface area contributed by atoms with E-state index in [0.717, 1.165) is 41.2 Å². The second-order valence-electron chi connectivity index (χ2n) is 8.18. The quantitative estimate of drug-likeness (QED) is 0.296. The van der Waals surface area contributed by atoms with E-state index in [-0.39, 0.29) is 6.03 Å². The first-order chi connectivity index (χ1) is 16.9. The molecule has 2 rings (SSSR count). The molecule has 8 heteroatoms. The molecule has 0 saturated carbocycles. The number of para-hydroxylation sites is 1. The average Bonchev–Trinajstić information content (AvgIpc) is 2.84. The number of hydrogen-bond acceptors (Lipinski definition) is 5. The molecule has 0 aromatic heterocycles. The molecule has 0 saturated heterocycles. The lowest BCUT2D eigenvalue weighted by Gasteiger charge is -2.24. The maximum absolute atomic E-state index is 13.0. The molecule has 0 heterocycles. The van der Waals surface area contributed by atoms with Crippen LogP contribution in [0.25, 0.3) is 0 Å². The van der Waals surface area contributed by atoms with Crippen molar-refractivity contribution in [3.05, 3.63) is 59.7 Å². The molecule has 35 heavy (non-hydrogen) atoms. The van der Waals surface area contributed by atoms with Crippen molar-refractivity contribution >= 4 is 29.4 Å². The fourth-order valence-electron chi connectivity index (χ4n) is 3.45. The van der Waals surface area contributed by atoms with Gasteiger partial charge in [0.1, 0.15) is 12.4 Å². The lowest BCUT2D eigenvalue weighted by atomic mass is 10.1. The Bertz CT molecular complexity index is 907. The highest BCUT2D eigenvalue weighted by Gasteiger charge is 2.18. The predicted octanol–water partition coefficient (Wildman–Crippen LogP) is 5.47. The maximum atomic E-state index is 13.0. The number of benzene rings is 2. The van der Waals surface area contributed by atoms with E-state index in [1.807, 2.05) is 67.2 Å². The molecule has 2 N–H and O–H groups in total. The number of hydrogen-bond donors (Lipinski definition) is 2. The number of amides is 2. The Hall–Kier alpha value is -2.71. The Balaban J connectivity index is 1.91. The lowest BCUT2D eigenvalue weighted by Crippen LogP contribution is -2.39. The largest absolute Gasteiger partial charge is 0.492 e. The molecule has 0 fully saturated rings. The third-order valence-corrected chi connectivity index (χ3v) is 6.63. The molecule has 7 nitrogen and oxygen atoms in total. The molecular weight excluding hydrogens is 464 g/mol. The van der Waals surface area contributed by atoms with Gasteiger partial charge in [-0.3, -0.25) is 0 Å². The Labute approximate surface area is 213 Å². The summed E-state index contributed by atoms with van der Waals surface area (Å²) in [5.41, 5.74) is 2.69. The number of thioether (sulfide) groups is 1. The molecule has 0 aliphatic carbocycles. The van der Waals surface area contributed by atoms with E-state index in [1.54, 1.807) is 11.8 Å². The summed E-state index contributed by atoms with van der Waals surface area (Å²) < 4.78 is 11.2. The number of carboxylic acids is 1. The summed E-state index contributed by atoms with van der Waals surface area (Å²) in [7, 11) is 0. The highest BCUT2D eigenvalue weighted by atomic mass is 32.2. The van der Waals surface area contributed by atoms with Crippen LogP contribution < -0.4 is 10.1 Å². The smallest absolute Gasteiger partial charge is 0.333 e. The molecule has 2 amide bonds. The molecule has 0 bridgehead atoms. The molecule has 0 spiro atoms. The summed E-state index contributed by atoms with van der Waals surface area (Å²) >= 11 is 1.91. The van der Waals surface area contributed by atoms with Gasteiger partial charge in [-0.2, -0.15) is 11.8 Å². The molecule has 0 aliphatic heterocycles. The summed E-state index contributed by atoms with van der Waals surface area (Å²) in [4.78, 5) is 26.1. The van der Waals surface area contributed by atoms with E-state index >= 15 is 0 Å². The molecule has 2 aromatic rings. The van der Waals surface area contributed by atoms with E-state index in [9.17, 15) is 14.7 Å². The van der Waals surface area contributed by atoms with Gasteiger partial charge in [-0.15, -0.1) is 0 Å². The van der Waals surface area contributed by atoms with Gasteiger partial charge in [-0.05, 0) is 67.5 Å². The summed E-state index contributed by atoms with van der Waals surface area (Å²) in [5, 5.41) is 12.3. The number of aliphatic carboxylic acids is 1. The van der Waals surface area contributed by atoms with Crippen LogP contribution >= 0.6 is 11.8 Å². The van der Waals surface area contributed by atoms with E-state index in [2.05, 4.69) is 12.2 Å². The van der Waals surface area contributed by atoms with Gasteiger partial charge in [0.2, 0.25) is 0 Å². The van der Waals surface area contributed by atoms with Gasteiger partial charge < -0.3 is 24.8 Å². The van der Waals surface area contributed by atoms with Crippen LogP contribution in [0.2, 0.25) is 0 Å². The minimum absolute atomic E-state index is 0.130. The SMILES string of the molecule is CCCSCCCN(CCOc1ccc(CC(OCC)C(=O)O)cc1)C(=O)Nc1ccccc1C. The van der Waals surface area contributed by atoms with Crippen LogP contribution in [0.4, 0.5) is 10.5 Å². The third-order valence-electron chi connectivity index (χ3n) is 5.36. The average molecular weight is 503 g/mol. The summed E-state index contributed by atoms with van der Waals surface area (Å²) in [6.45, 7) is 7.75. The molecule has 2 aromatic carbocycles. The highest BCUT2D eigenvalue weighted by molar-refractivity contribution is 7.99. The first-order valence-corrected chi connectivity index (χ1v) is 13.4. The number of carbonyl (C=O) groups excluding carboxylic acids is 1. The van der Waals surface area contributed by atoms with Crippen LogP contribution in [0, 0.1) is 6.92 Å². The lowest BCUT2D eigenvalue weighted by molar-refractivity contribution is -0.149. The number of rotatable bonds is 16. The van der Waals surface area contributed by atoms with E-state index in [0.29, 0.717) is 38.5 Å². The summed E-state index contributed by atoms with van der Waals surface area (Å²) in [6.07, 6.45) is 1.51. The minimum Gasteiger partial charge on any atom is -0.492 e. The predicted molar refractivity (Wildman–Crippen MR) is 143 cm³/mol. The third kappa shape index (κ3) is 10.6. The first-order valence-electron chi connectivity index (χ1n) is 12.2. The van der Waals surface area contributed by atoms with Crippen LogP contribution in [0.1, 0.15) is 37.8 Å². The Morgan fingerprint density at radius 2 is 1.80 bits per heavy atom. The summed E-state index contributed by atoms with van der Waals surface area (Å²) in [6, 6.07) is 14.9. The van der Waals surface area contributed by atoms with Gasteiger partial charge >= 0.3 is 12.0 Å². The Kier molecular flexibility index (Phi) is 13.1. The van der Waals surface area contributed by atoms with E-state index in [1.165, 1.54) is 0 Å². The zero-order chi connectivity index (χ0) is 25.5. The number of anilines is 1. The number of carbonyl (C=O) groups is 2. The van der Waals surface area contributed by atoms with Gasteiger partial charge in [-0.1, -0.05) is 37.3 Å². The van der Waals surface area contributed by atoms with Gasteiger partial charge in [0, 0.05) is 25.3 Å². The maximum Gasteiger partial charge on any atom is 0.333 e. The monoisotopic (exact) mass is 502 g/mol. The van der Waals surface area contributed by atoms with E-state index < -0.39 is 12.1 Å². The van der Waals surface area contributed by atoms with Crippen molar-refractivity contribution in [1.82, 2.24) is 4.90 Å². The molecule has 192 valence electrons. The fraction of sp³-hybridized carbons (Fsp3) is 0.481. The minimum atomic E-state index is -0.968. The van der Waals surface area contributed by atoms with Crippen LogP contribution in [0.3, 0.4) is 0 Å². The molecule has 0 aliphatic rings.